The molecule has 2 bridgehead atoms. The van der Waals surface area contributed by atoms with Crippen LogP contribution in [-0.2, 0) is 14.4 Å². The van der Waals surface area contributed by atoms with Gasteiger partial charge in [0.15, 0.2) is 0 Å². The van der Waals surface area contributed by atoms with Crippen LogP contribution in [0.1, 0.15) is 45.4 Å². The molecule has 0 radical (unpaired) electrons. The number of fused-ring (bicyclic) bond motifs is 3. The molecule has 3 saturated heterocycles. The number of carbonyl (C=O) groups excluding carboxylic acids is 3. The molecular formula is C24H29ClF2N6O3. The summed E-state index contributed by atoms with van der Waals surface area (Å²) < 4.78 is 29.8. The number of alkyl halides is 2. The zero-order valence-electron chi connectivity index (χ0n) is 19.8. The molecule has 9 nitrogen and oxygen atoms in total. The van der Waals surface area contributed by atoms with Crippen LogP contribution >= 0.6 is 11.6 Å². The van der Waals surface area contributed by atoms with Gasteiger partial charge in [0.05, 0.1) is 28.9 Å². The Kier molecular flexibility index (Phi) is 7.64. The van der Waals surface area contributed by atoms with Crippen molar-refractivity contribution >= 4 is 35.0 Å². The van der Waals surface area contributed by atoms with E-state index < -0.39 is 60.2 Å². The van der Waals surface area contributed by atoms with Crippen molar-refractivity contribution in [2.24, 2.45) is 11.8 Å². The highest BCUT2D eigenvalue weighted by Gasteiger charge is 2.60. The summed E-state index contributed by atoms with van der Waals surface area (Å²) in [5, 5.41) is 18.3. The van der Waals surface area contributed by atoms with Gasteiger partial charge >= 0.3 is 0 Å². The molecule has 0 unspecified atom stereocenters. The molecule has 1 saturated carbocycles. The zero-order chi connectivity index (χ0) is 26.0. The first-order valence-corrected chi connectivity index (χ1v) is 12.5. The van der Waals surface area contributed by atoms with Crippen LogP contribution in [-0.4, -0.2) is 64.2 Å². The third-order valence-corrected chi connectivity index (χ3v) is 7.52. The van der Waals surface area contributed by atoms with Gasteiger partial charge in [0.1, 0.15) is 18.1 Å². The summed E-state index contributed by atoms with van der Waals surface area (Å²) in [4.78, 5) is 44.2. The first-order valence-electron chi connectivity index (χ1n) is 12.2. The maximum absolute atomic E-state index is 14.9. The number of halogens is 3. The lowest BCUT2D eigenvalue weighted by atomic mass is 9.71. The van der Waals surface area contributed by atoms with Crippen LogP contribution in [0.3, 0.4) is 0 Å². The number of hydrogen-bond acceptors (Lipinski definition) is 6. The third-order valence-electron chi connectivity index (χ3n) is 7.31. The van der Waals surface area contributed by atoms with Gasteiger partial charge in [0.2, 0.25) is 17.7 Å². The number of hydrogen-bond donors (Lipinski definition) is 3. The summed E-state index contributed by atoms with van der Waals surface area (Å²) in [6, 6.07) is -0.547. The molecule has 5 rings (SSSR count). The number of amides is 3. The van der Waals surface area contributed by atoms with Gasteiger partial charge in [-0.25, -0.2) is 8.78 Å². The monoisotopic (exact) mass is 522 g/mol. The van der Waals surface area contributed by atoms with E-state index in [1.54, 1.807) is 13.0 Å². The van der Waals surface area contributed by atoms with Crippen molar-refractivity contribution in [1.29, 1.82) is 5.26 Å². The molecule has 194 valence electrons. The largest absolute Gasteiger partial charge is 0.373 e. The van der Waals surface area contributed by atoms with Crippen LogP contribution in [0.2, 0.25) is 5.02 Å². The number of nitrogens with zero attached hydrogens (tertiary/aromatic N) is 3. The van der Waals surface area contributed by atoms with E-state index in [2.05, 4.69) is 20.9 Å². The van der Waals surface area contributed by atoms with Gasteiger partial charge in [0, 0.05) is 31.1 Å². The number of anilines is 1. The highest BCUT2D eigenvalue weighted by Crippen LogP contribution is 2.49. The number of carbonyl (C=O) groups is 3. The van der Waals surface area contributed by atoms with E-state index in [9.17, 15) is 28.4 Å². The van der Waals surface area contributed by atoms with E-state index in [0.29, 0.717) is 30.1 Å². The Morgan fingerprint density at radius 1 is 1.36 bits per heavy atom. The summed E-state index contributed by atoms with van der Waals surface area (Å²) in [5.41, 5.74) is 0.479. The fourth-order valence-electron chi connectivity index (χ4n) is 5.60. The van der Waals surface area contributed by atoms with Crippen molar-refractivity contribution in [3.05, 3.63) is 23.5 Å². The highest BCUT2D eigenvalue weighted by atomic mass is 35.5. The van der Waals surface area contributed by atoms with Gasteiger partial charge < -0.3 is 20.9 Å². The first kappa shape index (κ1) is 26.1. The normalized spacial score (nSPS) is 28.4. The molecule has 1 aliphatic carbocycles. The van der Waals surface area contributed by atoms with Crippen molar-refractivity contribution < 1.29 is 23.2 Å². The standard InChI is InChI=1S/C24H29ClF2N6O3/c1-13(31-17-8-15(25)11-29-12-17)23(36)33-18-4-5-19(24(26,27)9-18)20(33)22(35)32-16(10-28)7-14-3-2-6-30-21(14)34/h8,11-14,16,18-20,31H,2-7,9H2,1H3,(H,30,34)(H,32,35)/t13-,14+,16+,18+,19+,20+/m1/s1. The van der Waals surface area contributed by atoms with Crippen LogP contribution in [0.4, 0.5) is 14.5 Å². The number of nitrogens with one attached hydrogen (secondary N) is 3. The molecular weight excluding hydrogens is 494 g/mol. The third kappa shape index (κ3) is 5.38. The maximum atomic E-state index is 14.9. The van der Waals surface area contributed by atoms with Crippen LogP contribution < -0.4 is 16.0 Å². The molecule has 12 heteroatoms. The molecule has 6 atom stereocenters. The van der Waals surface area contributed by atoms with Crippen molar-refractivity contribution in [3.8, 4) is 6.07 Å². The van der Waals surface area contributed by atoms with E-state index >= 15 is 0 Å². The molecule has 36 heavy (non-hydrogen) atoms. The molecule has 0 aromatic carbocycles. The van der Waals surface area contributed by atoms with Gasteiger partial charge in [-0.2, -0.15) is 5.26 Å². The van der Waals surface area contributed by atoms with Crippen LogP contribution in [0, 0.1) is 23.2 Å². The number of rotatable bonds is 7. The minimum Gasteiger partial charge on any atom is -0.373 e. The van der Waals surface area contributed by atoms with Gasteiger partial charge in [-0.15, -0.1) is 0 Å². The summed E-state index contributed by atoms with van der Waals surface area (Å²) >= 11 is 5.96. The van der Waals surface area contributed by atoms with Gasteiger partial charge in [-0.05, 0) is 45.1 Å². The van der Waals surface area contributed by atoms with Crippen LogP contribution in [0.5, 0.6) is 0 Å². The number of piperidine rings is 3. The second kappa shape index (κ2) is 10.5. The molecule has 0 spiro atoms. The molecule has 4 fully saturated rings. The lowest BCUT2D eigenvalue weighted by Crippen LogP contribution is -2.70. The van der Waals surface area contributed by atoms with E-state index in [1.165, 1.54) is 17.3 Å². The highest BCUT2D eigenvalue weighted by molar-refractivity contribution is 6.30. The summed E-state index contributed by atoms with van der Waals surface area (Å²) in [6.45, 7) is 2.14. The van der Waals surface area contributed by atoms with Gasteiger partial charge in [-0.1, -0.05) is 11.6 Å². The zero-order valence-corrected chi connectivity index (χ0v) is 20.6. The second-order valence-electron chi connectivity index (χ2n) is 9.81. The van der Waals surface area contributed by atoms with Gasteiger partial charge in [-0.3, -0.25) is 19.4 Å². The fourth-order valence-corrected chi connectivity index (χ4v) is 5.77. The Balaban J connectivity index is 1.52. The second-order valence-corrected chi connectivity index (χ2v) is 10.2. The minimum atomic E-state index is -3.11. The Bertz CT molecular complexity index is 1070. The summed E-state index contributed by atoms with van der Waals surface area (Å²) in [6.07, 6.45) is 4.30. The first-order chi connectivity index (χ1) is 17.1. The van der Waals surface area contributed by atoms with E-state index in [4.69, 9.17) is 11.6 Å². The molecule has 1 aromatic rings. The fraction of sp³-hybridized carbons (Fsp3) is 0.625. The SMILES string of the molecule is C[C@@H](Nc1cncc(Cl)c1)C(=O)N1[C@H]2CC[C@@H]([C@H]1C(=O)N[C@H](C#N)C[C@@H]1CCCNC1=O)C(F)(F)C2. The Morgan fingerprint density at radius 3 is 2.81 bits per heavy atom. The Morgan fingerprint density at radius 2 is 2.14 bits per heavy atom. The molecule has 3 amide bonds. The number of aromatic nitrogens is 1. The van der Waals surface area contributed by atoms with Crippen molar-refractivity contribution in [3.63, 3.8) is 0 Å². The lowest BCUT2D eigenvalue weighted by molar-refractivity contribution is -0.194. The van der Waals surface area contributed by atoms with E-state index in [1.807, 2.05) is 6.07 Å². The van der Waals surface area contributed by atoms with E-state index in [0.717, 1.165) is 6.42 Å². The van der Waals surface area contributed by atoms with Crippen molar-refractivity contribution in [1.82, 2.24) is 20.5 Å². The predicted molar refractivity (Wildman–Crippen MR) is 127 cm³/mol. The quantitative estimate of drug-likeness (QED) is 0.505. The minimum absolute atomic E-state index is 0.0823. The topological polar surface area (TPSA) is 127 Å². The van der Waals surface area contributed by atoms with E-state index in [-0.39, 0.29) is 18.7 Å². The Hall–Kier alpha value is -3.00. The maximum Gasteiger partial charge on any atom is 0.255 e. The molecule has 3 aliphatic heterocycles. The van der Waals surface area contributed by atoms with Crippen LogP contribution in [0.15, 0.2) is 18.5 Å². The molecule has 3 N–H and O–H groups in total. The van der Waals surface area contributed by atoms with Crippen LogP contribution in [0.25, 0.3) is 0 Å². The average molecular weight is 523 g/mol. The molecule has 4 heterocycles. The Labute approximate surface area is 212 Å². The predicted octanol–water partition coefficient (Wildman–Crippen LogP) is 2.47. The smallest absolute Gasteiger partial charge is 0.255 e. The molecule has 4 aliphatic rings. The summed E-state index contributed by atoms with van der Waals surface area (Å²) in [7, 11) is 0. The number of pyridine rings is 1. The average Bonchev–Trinajstić information content (AvgIpc) is 2.83. The number of nitriles is 1. The summed E-state index contributed by atoms with van der Waals surface area (Å²) in [5.74, 6) is -6.39. The van der Waals surface area contributed by atoms with Gasteiger partial charge in [0.25, 0.3) is 5.92 Å². The lowest BCUT2D eigenvalue weighted by Gasteiger charge is -2.54. The van der Waals surface area contributed by atoms with Crippen molar-refractivity contribution in [2.45, 2.75) is 75.5 Å². The molecule has 1 aromatic heterocycles. The van der Waals surface area contributed by atoms with Crippen molar-refractivity contribution in [2.75, 3.05) is 11.9 Å².